The molecule has 1 saturated carbocycles. The van der Waals surface area contributed by atoms with Gasteiger partial charge in [-0.15, -0.1) is 0 Å². The Morgan fingerprint density at radius 3 is 2.74 bits per heavy atom. The van der Waals surface area contributed by atoms with Crippen LogP contribution in [0.4, 0.5) is 4.39 Å². The van der Waals surface area contributed by atoms with Crippen molar-refractivity contribution in [2.24, 2.45) is 18.9 Å². The lowest BCUT2D eigenvalue weighted by Crippen LogP contribution is -2.32. The molecule has 0 spiro atoms. The summed E-state index contributed by atoms with van der Waals surface area (Å²) in [4.78, 5) is 32.8. The van der Waals surface area contributed by atoms with E-state index in [2.05, 4.69) is 5.10 Å². The Bertz CT molecular complexity index is 1780. The van der Waals surface area contributed by atoms with E-state index in [4.69, 9.17) is 9.40 Å². The zero-order valence-electron chi connectivity index (χ0n) is 20.9. The predicted molar refractivity (Wildman–Crippen MR) is 141 cm³/mol. The molecule has 2 aromatic carbocycles. The second-order valence-corrected chi connectivity index (χ2v) is 10.4. The lowest BCUT2D eigenvalue weighted by molar-refractivity contribution is -0.131. The van der Waals surface area contributed by atoms with Crippen molar-refractivity contribution in [3.63, 3.8) is 0 Å². The van der Waals surface area contributed by atoms with E-state index in [0.29, 0.717) is 30.7 Å². The largest absolute Gasteiger partial charge is 0.464 e. The van der Waals surface area contributed by atoms with Crippen molar-refractivity contribution < 1.29 is 13.6 Å². The minimum absolute atomic E-state index is 0.0918. The number of carbonyl (C=O) groups excluding carboxylic acids is 1. The quantitative estimate of drug-likeness (QED) is 0.344. The second-order valence-electron chi connectivity index (χ2n) is 10.4. The second kappa shape index (κ2) is 8.65. The maximum absolute atomic E-state index is 15.7. The van der Waals surface area contributed by atoms with Crippen molar-refractivity contribution in [3.8, 4) is 22.5 Å². The van der Waals surface area contributed by atoms with Gasteiger partial charge in [0.15, 0.2) is 5.65 Å². The van der Waals surface area contributed by atoms with Crippen molar-refractivity contribution in [2.45, 2.75) is 25.8 Å². The SMILES string of the molecule is Cn1ncc2c(=O)n(C[C@@H]3CCN(C(=O)C4CC4)C3)c(-c3ccc(-c4ccc5occc5c4)cc3F)nc21. The number of amides is 1. The molecule has 5 aromatic rings. The highest BCUT2D eigenvalue weighted by molar-refractivity contribution is 5.84. The summed E-state index contributed by atoms with van der Waals surface area (Å²) in [5.41, 5.74) is 2.76. The summed E-state index contributed by atoms with van der Waals surface area (Å²) in [6.07, 6.45) is 5.87. The minimum Gasteiger partial charge on any atom is -0.464 e. The van der Waals surface area contributed by atoms with Crippen LogP contribution in [-0.4, -0.2) is 43.2 Å². The molecule has 0 bridgehead atoms. The Morgan fingerprint density at radius 2 is 1.92 bits per heavy atom. The van der Waals surface area contributed by atoms with Crippen molar-refractivity contribution in [2.75, 3.05) is 13.1 Å². The molecule has 8 nitrogen and oxygen atoms in total. The van der Waals surface area contributed by atoms with Crippen LogP contribution in [0.15, 0.2) is 64.1 Å². The normalized spacial score (nSPS) is 17.6. The Kier molecular flexibility index (Phi) is 5.21. The summed E-state index contributed by atoms with van der Waals surface area (Å²) in [5, 5.41) is 5.54. The van der Waals surface area contributed by atoms with Gasteiger partial charge in [0.05, 0.1) is 18.0 Å². The number of rotatable bonds is 5. The first-order valence-corrected chi connectivity index (χ1v) is 12.9. The van der Waals surface area contributed by atoms with Crippen molar-refractivity contribution in [1.29, 1.82) is 0 Å². The van der Waals surface area contributed by atoms with E-state index in [9.17, 15) is 9.59 Å². The predicted octanol–water partition coefficient (Wildman–Crippen LogP) is 4.61. The van der Waals surface area contributed by atoms with Gasteiger partial charge in [0.2, 0.25) is 5.91 Å². The number of furan rings is 1. The van der Waals surface area contributed by atoms with E-state index in [0.717, 1.165) is 41.4 Å². The van der Waals surface area contributed by atoms with Gasteiger partial charge in [-0.25, -0.2) is 9.37 Å². The number of halogens is 1. The number of nitrogens with zero attached hydrogens (tertiary/aromatic N) is 5. The molecule has 192 valence electrons. The van der Waals surface area contributed by atoms with Crippen LogP contribution >= 0.6 is 0 Å². The number of carbonyl (C=O) groups is 1. The van der Waals surface area contributed by atoms with Crippen molar-refractivity contribution in [1.82, 2.24) is 24.2 Å². The van der Waals surface area contributed by atoms with Gasteiger partial charge in [-0.3, -0.25) is 18.8 Å². The molecule has 1 amide bonds. The number of benzene rings is 2. The van der Waals surface area contributed by atoms with Crippen LogP contribution in [0.25, 0.3) is 44.5 Å². The lowest BCUT2D eigenvalue weighted by Gasteiger charge is -2.19. The van der Waals surface area contributed by atoms with Gasteiger partial charge >= 0.3 is 0 Å². The molecular formula is C29H26FN5O3. The number of aryl methyl sites for hydroxylation is 1. The van der Waals surface area contributed by atoms with Gasteiger partial charge in [0, 0.05) is 38.0 Å². The monoisotopic (exact) mass is 511 g/mol. The summed E-state index contributed by atoms with van der Waals surface area (Å²) in [5.74, 6) is 0.286. The zero-order valence-corrected chi connectivity index (χ0v) is 20.9. The van der Waals surface area contributed by atoms with Crippen LogP contribution in [0, 0.1) is 17.7 Å². The van der Waals surface area contributed by atoms with Gasteiger partial charge in [-0.1, -0.05) is 12.1 Å². The number of fused-ring (bicyclic) bond motifs is 2. The maximum Gasteiger partial charge on any atom is 0.264 e. The van der Waals surface area contributed by atoms with E-state index in [1.165, 1.54) is 16.9 Å². The highest BCUT2D eigenvalue weighted by Gasteiger charge is 2.37. The molecule has 1 atom stereocenters. The molecular weight excluding hydrogens is 485 g/mol. The van der Waals surface area contributed by atoms with E-state index < -0.39 is 5.82 Å². The van der Waals surface area contributed by atoms with Crippen LogP contribution in [0.5, 0.6) is 0 Å². The number of hydrogen-bond donors (Lipinski definition) is 0. The fourth-order valence-electron chi connectivity index (χ4n) is 5.54. The van der Waals surface area contributed by atoms with Crippen LogP contribution in [0.1, 0.15) is 19.3 Å². The first kappa shape index (κ1) is 22.9. The standard InChI is InChI=1S/C29H26FN5O3/c1-33-26-23(14-31-33)29(37)35(16-17-8-10-34(15-17)28(36)18-2-3-18)27(32-26)22-6-4-20(13-24(22)30)19-5-7-25-21(12-19)9-11-38-25/h4-7,9,11-14,17-18H,2-3,8,10,15-16H2,1H3/t17-/m1/s1. The first-order valence-electron chi connectivity index (χ1n) is 12.9. The molecule has 38 heavy (non-hydrogen) atoms. The summed E-state index contributed by atoms with van der Waals surface area (Å²) in [6, 6.07) is 12.6. The smallest absolute Gasteiger partial charge is 0.264 e. The lowest BCUT2D eigenvalue weighted by atomic mass is 10.0. The molecule has 0 N–H and O–H groups in total. The van der Waals surface area contributed by atoms with E-state index in [1.807, 2.05) is 35.2 Å². The molecule has 4 heterocycles. The van der Waals surface area contributed by atoms with Crippen LogP contribution in [-0.2, 0) is 18.4 Å². The Morgan fingerprint density at radius 1 is 1.11 bits per heavy atom. The molecule has 9 heteroatoms. The Balaban J connectivity index is 1.27. The summed E-state index contributed by atoms with van der Waals surface area (Å²) < 4.78 is 24.3. The summed E-state index contributed by atoms with van der Waals surface area (Å²) in [7, 11) is 1.71. The number of likely N-dealkylation sites (tertiary alicyclic amines) is 1. The molecule has 0 unspecified atom stereocenters. The van der Waals surface area contributed by atoms with E-state index in [1.54, 1.807) is 23.9 Å². The fourth-order valence-corrected chi connectivity index (χ4v) is 5.54. The third kappa shape index (κ3) is 3.81. The third-order valence-electron chi connectivity index (χ3n) is 7.81. The Labute approximate surface area is 217 Å². The molecule has 0 radical (unpaired) electrons. The average Bonchev–Trinajstić information content (AvgIpc) is 3.29. The van der Waals surface area contributed by atoms with Gasteiger partial charge in [0.1, 0.15) is 22.6 Å². The topological polar surface area (TPSA) is 86.2 Å². The van der Waals surface area contributed by atoms with Gasteiger partial charge < -0.3 is 9.32 Å². The first-order chi connectivity index (χ1) is 18.5. The van der Waals surface area contributed by atoms with Gasteiger partial charge in [-0.2, -0.15) is 5.10 Å². The van der Waals surface area contributed by atoms with E-state index >= 15 is 4.39 Å². The van der Waals surface area contributed by atoms with Crippen molar-refractivity contribution >= 4 is 27.9 Å². The molecule has 2 fully saturated rings. The van der Waals surface area contributed by atoms with Gasteiger partial charge in [0.25, 0.3) is 5.56 Å². The highest BCUT2D eigenvalue weighted by atomic mass is 19.1. The van der Waals surface area contributed by atoms with Crippen LogP contribution in [0.3, 0.4) is 0 Å². The zero-order chi connectivity index (χ0) is 26.0. The average molecular weight is 512 g/mol. The molecule has 2 aliphatic rings. The fraction of sp³-hybridized carbons (Fsp3) is 0.310. The maximum atomic E-state index is 15.7. The minimum atomic E-state index is -0.464. The summed E-state index contributed by atoms with van der Waals surface area (Å²) >= 11 is 0. The molecule has 1 aliphatic carbocycles. The van der Waals surface area contributed by atoms with Crippen LogP contribution < -0.4 is 5.56 Å². The number of hydrogen-bond acceptors (Lipinski definition) is 5. The third-order valence-corrected chi connectivity index (χ3v) is 7.81. The molecule has 1 aliphatic heterocycles. The molecule has 1 saturated heterocycles. The summed E-state index contributed by atoms with van der Waals surface area (Å²) in [6.45, 7) is 1.65. The van der Waals surface area contributed by atoms with E-state index in [-0.39, 0.29) is 34.7 Å². The van der Waals surface area contributed by atoms with Crippen molar-refractivity contribution in [3.05, 3.63) is 71.1 Å². The van der Waals surface area contributed by atoms with Crippen LogP contribution in [0.2, 0.25) is 0 Å². The number of aromatic nitrogens is 4. The van der Waals surface area contributed by atoms with Gasteiger partial charge in [-0.05, 0) is 66.6 Å². The molecule has 3 aromatic heterocycles. The highest BCUT2D eigenvalue weighted by Crippen LogP contribution is 2.34. The Hall–Kier alpha value is -4.27. The molecule has 7 rings (SSSR count).